The van der Waals surface area contributed by atoms with Crippen LogP contribution in [0.4, 0.5) is 0 Å². The third-order valence-corrected chi connectivity index (χ3v) is 4.11. The van der Waals surface area contributed by atoms with Crippen LogP contribution >= 0.6 is 11.3 Å². The van der Waals surface area contributed by atoms with Gasteiger partial charge in [0.15, 0.2) is 0 Å². The number of hydrogen-bond acceptors (Lipinski definition) is 4. The molecule has 0 saturated carbocycles. The average Bonchev–Trinajstić information content (AvgIpc) is 2.86. The van der Waals surface area contributed by atoms with Crippen molar-refractivity contribution >= 4 is 11.3 Å². The van der Waals surface area contributed by atoms with Crippen molar-refractivity contribution in [2.45, 2.75) is 33.2 Å². The Hall–Kier alpha value is -1.39. The molecule has 0 spiro atoms. The predicted molar refractivity (Wildman–Crippen MR) is 80.8 cm³/mol. The van der Waals surface area contributed by atoms with Crippen LogP contribution in [0.15, 0.2) is 17.5 Å². The van der Waals surface area contributed by atoms with Crippen molar-refractivity contribution in [2.75, 3.05) is 7.11 Å². The van der Waals surface area contributed by atoms with Gasteiger partial charge in [0.25, 0.3) is 0 Å². The molecule has 0 aliphatic rings. The van der Waals surface area contributed by atoms with E-state index >= 15 is 0 Å². The number of thiazole rings is 1. The van der Waals surface area contributed by atoms with Crippen molar-refractivity contribution in [2.24, 2.45) is 5.73 Å². The maximum atomic E-state index is 5.63. The molecular weight excluding hydrogens is 256 g/mol. The van der Waals surface area contributed by atoms with Crippen LogP contribution in [0.5, 0.6) is 5.75 Å². The van der Waals surface area contributed by atoms with Crippen molar-refractivity contribution < 1.29 is 4.74 Å². The fraction of sp³-hybridized carbons (Fsp3) is 0.400. The highest BCUT2D eigenvalue weighted by atomic mass is 32.1. The number of aromatic nitrogens is 1. The second kappa shape index (κ2) is 5.72. The van der Waals surface area contributed by atoms with Gasteiger partial charge in [-0.05, 0) is 36.1 Å². The van der Waals surface area contributed by atoms with Crippen LogP contribution in [0.2, 0.25) is 0 Å². The van der Waals surface area contributed by atoms with Crippen LogP contribution in [0, 0.1) is 6.92 Å². The third-order valence-electron chi connectivity index (χ3n) is 3.19. The van der Waals surface area contributed by atoms with Gasteiger partial charge in [-0.3, -0.25) is 0 Å². The number of nitrogens with two attached hydrogens (primary N) is 1. The number of hydrogen-bond donors (Lipinski definition) is 1. The van der Waals surface area contributed by atoms with Gasteiger partial charge in [0.05, 0.1) is 12.8 Å². The smallest absolute Gasteiger partial charge is 0.123 e. The van der Waals surface area contributed by atoms with Crippen LogP contribution in [0.3, 0.4) is 0 Å². The van der Waals surface area contributed by atoms with E-state index in [9.17, 15) is 0 Å². The molecule has 2 aromatic rings. The summed E-state index contributed by atoms with van der Waals surface area (Å²) in [6, 6.07) is 4.28. The Bertz CT molecular complexity index is 576. The molecule has 4 heteroatoms. The van der Waals surface area contributed by atoms with E-state index in [0.717, 1.165) is 16.5 Å². The molecule has 1 heterocycles. The minimum absolute atomic E-state index is 0.420. The minimum Gasteiger partial charge on any atom is -0.496 e. The first-order chi connectivity index (χ1) is 9.06. The second-order valence-electron chi connectivity index (χ2n) is 4.91. The van der Waals surface area contributed by atoms with Gasteiger partial charge in [-0.1, -0.05) is 13.8 Å². The van der Waals surface area contributed by atoms with Gasteiger partial charge in [-0.25, -0.2) is 4.98 Å². The summed E-state index contributed by atoms with van der Waals surface area (Å²) in [4.78, 5) is 4.57. The summed E-state index contributed by atoms with van der Waals surface area (Å²) in [5.41, 5.74) is 10.1. The largest absolute Gasteiger partial charge is 0.496 e. The van der Waals surface area contributed by atoms with Crippen LogP contribution < -0.4 is 10.5 Å². The van der Waals surface area contributed by atoms with Gasteiger partial charge in [-0.15, -0.1) is 11.3 Å². The highest BCUT2D eigenvalue weighted by molar-refractivity contribution is 7.13. The van der Waals surface area contributed by atoms with Crippen molar-refractivity contribution in [1.29, 1.82) is 0 Å². The summed E-state index contributed by atoms with van der Waals surface area (Å²) < 4.78 is 5.47. The van der Waals surface area contributed by atoms with E-state index in [-0.39, 0.29) is 0 Å². The van der Waals surface area contributed by atoms with E-state index < -0.39 is 0 Å². The minimum atomic E-state index is 0.420. The summed E-state index contributed by atoms with van der Waals surface area (Å²) in [6.07, 6.45) is 0. The first-order valence-electron chi connectivity index (χ1n) is 6.40. The fourth-order valence-electron chi connectivity index (χ4n) is 2.08. The lowest BCUT2D eigenvalue weighted by Gasteiger charge is -2.15. The molecule has 0 aliphatic heterocycles. The Morgan fingerprint density at radius 2 is 2.11 bits per heavy atom. The Labute approximate surface area is 118 Å². The summed E-state index contributed by atoms with van der Waals surface area (Å²) >= 11 is 1.64. The lowest BCUT2D eigenvalue weighted by molar-refractivity contribution is 0.407. The molecule has 0 atom stereocenters. The number of ether oxygens (including phenoxy) is 1. The number of benzene rings is 1. The standard InChI is InChI=1S/C15H20N2OS/c1-9(2)12-6-13(10(3)5-14(12)18-4)15-17-11(7-16)8-19-15/h5-6,8-9H,7,16H2,1-4H3. The van der Waals surface area contributed by atoms with Crippen LogP contribution in [-0.2, 0) is 6.54 Å². The van der Waals surface area contributed by atoms with Gasteiger partial charge in [0.1, 0.15) is 10.8 Å². The zero-order valence-electron chi connectivity index (χ0n) is 11.9. The highest BCUT2D eigenvalue weighted by Gasteiger charge is 2.14. The first kappa shape index (κ1) is 14.0. The molecule has 0 radical (unpaired) electrons. The molecule has 1 aromatic heterocycles. The van der Waals surface area contributed by atoms with Crippen molar-refractivity contribution in [1.82, 2.24) is 4.98 Å². The molecule has 0 unspecified atom stereocenters. The van der Waals surface area contributed by atoms with E-state index in [1.165, 1.54) is 16.7 Å². The number of aryl methyl sites for hydroxylation is 1. The number of nitrogens with zero attached hydrogens (tertiary/aromatic N) is 1. The van der Waals surface area contributed by atoms with Crippen molar-refractivity contribution in [3.05, 3.63) is 34.3 Å². The SMILES string of the molecule is COc1cc(C)c(-c2nc(CN)cs2)cc1C(C)C. The lowest BCUT2D eigenvalue weighted by atomic mass is 9.96. The number of methoxy groups -OCH3 is 1. The van der Waals surface area contributed by atoms with Gasteiger partial charge >= 0.3 is 0 Å². The van der Waals surface area contributed by atoms with Crippen LogP contribution in [0.1, 0.15) is 36.6 Å². The molecule has 0 saturated heterocycles. The van der Waals surface area contributed by atoms with E-state index in [2.05, 4.69) is 37.9 Å². The molecule has 0 bridgehead atoms. The topological polar surface area (TPSA) is 48.1 Å². The zero-order chi connectivity index (χ0) is 14.0. The average molecular weight is 276 g/mol. The number of rotatable bonds is 4. The second-order valence-corrected chi connectivity index (χ2v) is 5.77. The predicted octanol–water partition coefficient (Wildman–Crippen LogP) is 3.71. The molecule has 0 fully saturated rings. The van der Waals surface area contributed by atoms with E-state index in [1.54, 1.807) is 18.4 Å². The Morgan fingerprint density at radius 1 is 1.37 bits per heavy atom. The van der Waals surface area contributed by atoms with E-state index in [1.807, 2.05) is 5.38 Å². The molecule has 102 valence electrons. The molecular formula is C15H20N2OS. The van der Waals surface area contributed by atoms with Gasteiger partial charge in [-0.2, -0.15) is 0 Å². The van der Waals surface area contributed by atoms with E-state index in [0.29, 0.717) is 12.5 Å². The van der Waals surface area contributed by atoms with Crippen molar-refractivity contribution in [3.8, 4) is 16.3 Å². The van der Waals surface area contributed by atoms with Crippen LogP contribution in [0.25, 0.3) is 10.6 Å². The lowest BCUT2D eigenvalue weighted by Crippen LogP contribution is -1.98. The molecule has 0 amide bonds. The van der Waals surface area contributed by atoms with E-state index in [4.69, 9.17) is 10.5 Å². The maximum Gasteiger partial charge on any atom is 0.123 e. The monoisotopic (exact) mass is 276 g/mol. The third kappa shape index (κ3) is 2.80. The van der Waals surface area contributed by atoms with Crippen molar-refractivity contribution in [3.63, 3.8) is 0 Å². The van der Waals surface area contributed by atoms with Gasteiger partial charge in [0, 0.05) is 17.5 Å². The fourth-order valence-corrected chi connectivity index (χ4v) is 2.99. The summed E-state index contributed by atoms with van der Waals surface area (Å²) in [7, 11) is 1.72. The Morgan fingerprint density at radius 3 is 2.63 bits per heavy atom. The van der Waals surface area contributed by atoms with Gasteiger partial charge < -0.3 is 10.5 Å². The summed E-state index contributed by atoms with van der Waals surface area (Å²) in [5.74, 6) is 1.37. The molecule has 0 aliphatic carbocycles. The maximum absolute atomic E-state index is 5.63. The zero-order valence-corrected chi connectivity index (χ0v) is 12.7. The van der Waals surface area contributed by atoms with Crippen LogP contribution in [-0.4, -0.2) is 12.1 Å². The molecule has 1 aromatic carbocycles. The van der Waals surface area contributed by atoms with Gasteiger partial charge in [0.2, 0.25) is 0 Å². The Balaban J connectivity index is 2.54. The first-order valence-corrected chi connectivity index (χ1v) is 7.28. The normalized spacial score (nSPS) is 11.1. The molecule has 2 N–H and O–H groups in total. The summed E-state index contributed by atoms with van der Waals surface area (Å²) in [5, 5.41) is 3.05. The molecule has 19 heavy (non-hydrogen) atoms. The quantitative estimate of drug-likeness (QED) is 0.926. The highest BCUT2D eigenvalue weighted by Crippen LogP contribution is 2.35. The summed E-state index contributed by atoms with van der Waals surface area (Å²) in [6.45, 7) is 6.92. The molecule has 3 nitrogen and oxygen atoms in total. The molecule has 2 rings (SSSR count). The Kier molecular flexibility index (Phi) is 4.22.